The van der Waals surface area contributed by atoms with Crippen molar-refractivity contribution in [3.05, 3.63) is 51.7 Å². The monoisotopic (exact) mass is 508 g/mol. The number of hydrogen-bond donors (Lipinski definition) is 1. The van der Waals surface area contributed by atoms with E-state index in [0.717, 1.165) is 10.0 Å². The van der Waals surface area contributed by atoms with Crippen LogP contribution in [-0.4, -0.2) is 29.7 Å². The molecule has 0 aliphatic carbocycles. The Morgan fingerprint density at radius 2 is 2.06 bits per heavy atom. The first kappa shape index (κ1) is 22.0. The van der Waals surface area contributed by atoms with E-state index in [1.165, 1.54) is 24.9 Å². The van der Waals surface area contributed by atoms with Crippen molar-refractivity contribution in [2.24, 2.45) is 4.99 Å². The Labute approximate surface area is 192 Å². The molecule has 1 spiro atoms. The summed E-state index contributed by atoms with van der Waals surface area (Å²) in [5, 5.41) is 3.15. The zero-order chi connectivity index (χ0) is 22.4. The topological polar surface area (TPSA) is 69.2 Å². The number of carbonyl (C=O) groups excluding carboxylic acids is 1. The van der Waals surface area contributed by atoms with E-state index in [0.29, 0.717) is 34.4 Å². The lowest BCUT2D eigenvalue weighted by Crippen LogP contribution is -2.41. The fraction of sp³-hybridized carbons (Fsp3) is 0.364. The number of rotatable bonds is 1. The lowest BCUT2D eigenvalue weighted by Gasteiger charge is -2.40. The summed E-state index contributed by atoms with van der Waals surface area (Å²) in [6.45, 7) is 5.38. The number of nitrogens with one attached hydrogen (secondary N) is 1. The number of halogens is 2. The van der Waals surface area contributed by atoms with Crippen molar-refractivity contribution in [3.63, 3.8) is 0 Å². The molecule has 0 aromatic heterocycles. The molecule has 0 bridgehead atoms. The van der Waals surface area contributed by atoms with Crippen LogP contribution >= 0.6 is 27.7 Å². The van der Waals surface area contributed by atoms with E-state index in [4.69, 9.17) is 19.2 Å². The van der Waals surface area contributed by atoms with Crippen molar-refractivity contribution in [1.82, 2.24) is 5.32 Å². The molecule has 4 rings (SSSR count). The maximum atomic E-state index is 15.0. The summed E-state index contributed by atoms with van der Waals surface area (Å²) >= 11 is 4.93. The molecule has 164 valence electrons. The lowest BCUT2D eigenvalue weighted by atomic mass is 9.78. The van der Waals surface area contributed by atoms with Gasteiger partial charge in [-0.25, -0.2) is 14.2 Å². The Morgan fingerprint density at radius 1 is 1.29 bits per heavy atom. The van der Waals surface area contributed by atoms with E-state index < -0.39 is 23.1 Å². The maximum Gasteiger partial charge on any atom is 0.413 e. The SMILES string of the molecule is COc1cc(F)c2c(c1)C1(CCSC(NC(=O)OC(C)(C)C)=N1)c1cc(Br)ccc1O2. The van der Waals surface area contributed by atoms with Crippen molar-refractivity contribution in [2.45, 2.75) is 38.3 Å². The van der Waals surface area contributed by atoms with Gasteiger partial charge in [0.25, 0.3) is 0 Å². The molecule has 0 fully saturated rings. The molecule has 2 aliphatic heterocycles. The Bertz CT molecular complexity index is 1090. The van der Waals surface area contributed by atoms with E-state index >= 15 is 0 Å². The minimum Gasteiger partial charge on any atom is -0.497 e. The van der Waals surface area contributed by atoms with Crippen LogP contribution in [0.2, 0.25) is 0 Å². The molecule has 1 amide bonds. The number of benzene rings is 2. The summed E-state index contributed by atoms with van der Waals surface area (Å²) in [4.78, 5) is 17.3. The van der Waals surface area contributed by atoms with Gasteiger partial charge < -0.3 is 14.2 Å². The highest BCUT2D eigenvalue weighted by Crippen LogP contribution is 2.54. The summed E-state index contributed by atoms with van der Waals surface area (Å²) in [5.74, 6) is 1.12. The van der Waals surface area contributed by atoms with Crippen molar-refractivity contribution >= 4 is 39.0 Å². The van der Waals surface area contributed by atoms with E-state index in [9.17, 15) is 9.18 Å². The van der Waals surface area contributed by atoms with Gasteiger partial charge in [-0.15, -0.1) is 0 Å². The molecule has 2 aromatic carbocycles. The van der Waals surface area contributed by atoms with Crippen LogP contribution in [0.15, 0.2) is 39.8 Å². The standard InChI is InChI=1S/C22H22BrFN2O4S/c1-21(2,3)30-20(27)25-19-26-22(7-8-31-19)14-9-12(23)5-6-17(14)29-18-15(22)10-13(28-4)11-16(18)24/h5-6,9-11H,7-8H2,1-4H3,(H,25,26,27). The molecule has 0 saturated heterocycles. The molecule has 2 aromatic rings. The van der Waals surface area contributed by atoms with Crippen LogP contribution in [0, 0.1) is 5.82 Å². The molecule has 6 nitrogen and oxygen atoms in total. The van der Waals surface area contributed by atoms with Gasteiger partial charge in [0.1, 0.15) is 22.6 Å². The third kappa shape index (κ3) is 4.25. The predicted octanol–water partition coefficient (Wildman–Crippen LogP) is 5.96. The molecule has 1 N–H and O–H groups in total. The normalized spacial score (nSPS) is 19.6. The maximum absolute atomic E-state index is 15.0. The summed E-state index contributed by atoms with van der Waals surface area (Å²) < 4.78 is 32.4. The Kier molecular flexibility index (Phi) is 5.68. The number of alkyl carbamates (subject to hydrolysis) is 1. The van der Waals surface area contributed by atoms with Crippen molar-refractivity contribution in [1.29, 1.82) is 0 Å². The number of aliphatic imine (C=N–C) groups is 1. The van der Waals surface area contributed by atoms with Crippen LogP contribution in [0.25, 0.3) is 0 Å². The van der Waals surface area contributed by atoms with Crippen LogP contribution in [0.1, 0.15) is 38.3 Å². The van der Waals surface area contributed by atoms with E-state index in [2.05, 4.69) is 21.2 Å². The number of thioether (sulfide) groups is 1. The number of ether oxygens (including phenoxy) is 3. The van der Waals surface area contributed by atoms with Crippen LogP contribution in [-0.2, 0) is 10.3 Å². The smallest absolute Gasteiger partial charge is 0.413 e. The number of fused-ring (bicyclic) bond motifs is 4. The van der Waals surface area contributed by atoms with E-state index in [1.54, 1.807) is 32.9 Å². The zero-order valence-electron chi connectivity index (χ0n) is 17.5. The van der Waals surface area contributed by atoms with Crippen LogP contribution in [0.5, 0.6) is 17.2 Å². The summed E-state index contributed by atoms with van der Waals surface area (Å²) in [5.41, 5.74) is -0.247. The third-order valence-corrected chi connectivity index (χ3v) is 6.27. The number of amidine groups is 1. The van der Waals surface area contributed by atoms with Gasteiger partial charge in [0.05, 0.1) is 7.11 Å². The Balaban J connectivity index is 1.87. The number of hydrogen-bond acceptors (Lipinski definition) is 6. The number of carbonyl (C=O) groups is 1. The van der Waals surface area contributed by atoms with Crippen LogP contribution in [0.4, 0.5) is 9.18 Å². The van der Waals surface area contributed by atoms with Gasteiger partial charge in [0.2, 0.25) is 0 Å². The van der Waals surface area contributed by atoms with Crippen molar-refractivity contribution in [3.8, 4) is 17.2 Å². The van der Waals surface area contributed by atoms with Gasteiger partial charge in [-0.2, -0.15) is 0 Å². The zero-order valence-corrected chi connectivity index (χ0v) is 19.9. The fourth-order valence-corrected chi connectivity index (χ4v) is 5.00. The Morgan fingerprint density at radius 3 is 2.77 bits per heavy atom. The van der Waals surface area contributed by atoms with E-state index in [1.807, 2.05) is 12.1 Å². The first-order valence-corrected chi connectivity index (χ1v) is 11.5. The molecule has 31 heavy (non-hydrogen) atoms. The first-order chi connectivity index (χ1) is 14.6. The van der Waals surface area contributed by atoms with Crippen LogP contribution < -0.4 is 14.8 Å². The highest BCUT2D eigenvalue weighted by atomic mass is 79.9. The minimum absolute atomic E-state index is 0.114. The molecular weight excluding hydrogens is 487 g/mol. The molecule has 0 radical (unpaired) electrons. The highest BCUT2D eigenvalue weighted by Gasteiger charge is 2.46. The van der Waals surface area contributed by atoms with Crippen molar-refractivity contribution in [2.75, 3.05) is 12.9 Å². The molecular formula is C22H22BrFN2O4S. The van der Waals surface area contributed by atoms with Gasteiger partial charge in [-0.05, 0) is 51.5 Å². The Hall–Kier alpha value is -2.26. The third-order valence-electron chi connectivity index (χ3n) is 4.90. The second-order valence-electron chi connectivity index (χ2n) is 8.23. The molecule has 2 heterocycles. The van der Waals surface area contributed by atoms with Gasteiger partial charge in [0.15, 0.2) is 16.7 Å². The lowest BCUT2D eigenvalue weighted by molar-refractivity contribution is 0.0564. The number of nitrogens with zero attached hydrogens (tertiary/aromatic N) is 1. The van der Waals surface area contributed by atoms with Crippen molar-refractivity contribution < 1.29 is 23.4 Å². The van der Waals surface area contributed by atoms with Gasteiger partial charge in [-0.1, -0.05) is 27.7 Å². The minimum atomic E-state index is -0.947. The molecule has 0 saturated carbocycles. The molecule has 1 atom stereocenters. The second-order valence-corrected chi connectivity index (χ2v) is 10.2. The van der Waals surface area contributed by atoms with Gasteiger partial charge in [-0.3, -0.25) is 5.32 Å². The fourth-order valence-electron chi connectivity index (χ4n) is 3.67. The highest BCUT2D eigenvalue weighted by molar-refractivity contribution is 9.10. The molecule has 9 heteroatoms. The number of methoxy groups -OCH3 is 1. The second kappa shape index (κ2) is 8.02. The van der Waals surface area contributed by atoms with Gasteiger partial charge in [0, 0.05) is 27.4 Å². The average Bonchev–Trinajstić information content (AvgIpc) is 2.68. The summed E-state index contributed by atoms with van der Waals surface area (Å²) in [6.07, 6.45) is -0.00165. The molecule has 2 aliphatic rings. The summed E-state index contributed by atoms with van der Waals surface area (Å²) in [6, 6.07) is 8.57. The average molecular weight is 509 g/mol. The summed E-state index contributed by atoms with van der Waals surface area (Å²) in [7, 11) is 1.48. The van der Waals surface area contributed by atoms with E-state index in [-0.39, 0.29) is 5.75 Å². The number of amides is 1. The van der Waals surface area contributed by atoms with Crippen LogP contribution in [0.3, 0.4) is 0 Å². The largest absolute Gasteiger partial charge is 0.497 e. The predicted molar refractivity (Wildman–Crippen MR) is 122 cm³/mol. The quantitative estimate of drug-likeness (QED) is 0.514. The molecule has 1 unspecified atom stereocenters. The first-order valence-electron chi connectivity index (χ1n) is 9.70. The van der Waals surface area contributed by atoms with Gasteiger partial charge >= 0.3 is 6.09 Å².